The maximum atomic E-state index is 13.3. The Morgan fingerprint density at radius 2 is 2.20 bits per heavy atom. The van der Waals surface area contributed by atoms with E-state index < -0.39 is 11.6 Å². The molecule has 15 heavy (non-hydrogen) atoms. The number of carbonyl (C=O) groups excluding carboxylic acids is 1. The first kappa shape index (κ1) is 12.1. The second-order valence-electron chi connectivity index (χ2n) is 3.38. The molecule has 0 bridgehead atoms. The van der Waals surface area contributed by atoms with Gasteiger partial charge in [-0.1, -0.05) is 17.7 Å². The van der Waals surface area contributed by atoms with Crippen LogP contribution in [-0.4, -0.2) is 18.5 Å². The molecule has 0 atom stereocenters. The zero-order valence-corrected chi connectivity index (χ0v) is 9.34. The monoisotopic (exact) mass is 230 g/mol. The highest BCUT2D eigenvalue weighted by Crippen LogP contribution is 2.19. The topological polar surface area (TPSA) is 26.3 Å². The lowest BCUT2D eigenvalue weighted by Gasteiger charge is -2.08. The molecule has 0 aliphatic heterocycles. The molecule has 1 rings (SSSR count). The largest absolute Gasteiger partial charge is 0.371 e. The van der Waals surface area contributed by atoms with E-state index in [9.17, 15) is 9.18 Å². The lowest BCUT2D eigenvalue weighted by atomic mass is 10.1. The van der Waals surface area contributed by atoms with E-state index in [1.54, 1.807) is 13.8 Å². The fraction of sp³-hybridized carbons (Fsp3) is 0.364. The molecule has 82 valence electrons. The molecule has 0 saturated carbocycles. The Kier molecular flexibility index (Phi) is 4.24. The van der Waals surface area contributed by atoms with E-state index in [4.69, 9.17) is 16.3 Å². The Morgan fingerprint density at radius 1 is 1.53 bits per heavy atom. The van der Waals surface area contributed by atoms with Crippen LogP contribution in [-0.2, 0) is 4.74 Å². The highest BCUT2D eigenvalue weighted by atomic mass is 35.5. The zero-order chi connectivity index (χ0) is 11.4. The molecule has 0 saturated heterocycles. The standard InChI is InChI=1S/C11H12ClFO2/c1-7(2)15-6-10(14)11-8(12)4-3-5-9(11)13/h3-5,7H,6H2,1-2H3. The third-order valence-corrected chi connectivity index (χ3v) is 2.10. The van der Waals surface area contributed by atoms with Crippen molar-refractivity contribution in [3.63, 3.8) is 0 Å². The predicted octanol–water partition coefficient (Wildman–Crippen LogP) is 3.09. The average molecular weight is 231 g/mol. The molecule has 0 aromatic heterocycles. The van der Waals surface area contributed by atoms with E-state index in [-0.39, 0.29) is 23.3 Å². The van der Waals surface area contributed by atoms with E-state index in [0.717, 1.165) is 0 Å². The van der Waals surface area contributed by atoms with Gasteiger partial charge in [-0.3, -0.25) is 4.79 Å². The maximum absolute atomic E-state index is 13.3. The molecule has 0 unspecified atom stereocenters. The Labute approximate surface area is 93.0 Å². The summed E-state index contributed by atoms with van der Waals surface area (Å²) in [5, 5.41) is 0.118. The summed E-state index contributed by atoms with van der Waals surface area (Å²) in [4.78, 5) is 11.5. The van der Waals surface area contributed by atoms with Crippen molar-refractivity contribution < 1.29 is 13.9 Å². The summed E-state index contributed by atoms with van der Waals surface area (Å²) in [6.07, 6.45) is -0.0699. The number of halogens is 2. The highest BCUT2D eigenvalue weighted by molar-refractivity contribution is 6.34. The molecule has 0 amide bonds. The highest BCUT2D eigenvalue weighted by Gasteiger charge is 2.15. The second-order valence-corrected chi connectivity index (χ2v) is 3.79. The summed E-state index contributed by atoms with van der Waals surface area (Å²) in [5.74, 6) is -1.05. The lowest BCUT2D eigenvalue weighted by molar-refractivity contribution is 0.0581. The fourth-order valence-electron chi connectivity index (χ4n) is 1.08. The van der Waals surface area contributed by atoms with Gasteiger partial charge in [0, 0.05) is 0 Å². The van der Waals surface area contributed by atoms with Gasteiger partial charge in [-0.25, -0.2) is 4.39 Å². The van der Waals surface area contributed by atoms with Crippen molar-refractivity contribution >= 4 is 17.4 Å². The van der Waals surface area contributed by atoms with Gasteiger partial charge in [0.05, 0.1) is 16.7 Å². The SMILES string of the molecule is CC(C)OCC(=O)c1c(F)cccc1Cl. The van der Waals surface area contributed by atoms with Crippen LogP contribution in [0.5, 0.6) is 0 Å². The second kappa shape index (κ2) is 5.24. The van der Waals surface area contributed by atoms with Crippen molar-refractivity contribution in [3.8, 4) is 0 Å². The van der Waals surface area contributed by atoms with Crippen LogP contribution in [0.3, 0.4) is 0 Å². The molecule has 0 aliphatic rings. The summed E-state index contributed by atoms with van der Waals surface area (Å²) in [6.45, 7) is 3.45. The van der Waals surface area contributed by atoms with Crippen LogP contribution in [0.2, 0.25) is 5.02 Å². The third kappa shape index (κ3) is 3.29. The van der Waals surface area contributed by atoms with E-state index in [1.807, 2.05) is 0 Å². The molecular weight excluding hydrogens is 219 g/mol. The fourth-order valence-corrected chi connectivity index (χ4v) is 1.35. The molecule has 0 spiro atoms. The molecule has 0 heterocycles. The van der Waals surface area contributed by atoms with Crippen molar-refractivity contribution in [2.24, 2.45) is 0 Å². The van der Waals surface area contributed by atoms with Gasteiger partial charge in [0.15, 0.2) is 5.78 Å². The van der Waals surface area contributed by atoms with Crippen molar-refractivity contribution in [2.45, 2.75) is 20.0 Å². The molecule has 2 nitrogen and oxygen atoms in total. The van der Waals surface area contributed by atoms with Gasteiger partial charge in [-0.2, -0.15) is 0 Å². The number of Topliss-reactive ketones (excluding diaryl/α,β-unsaturated/α-hetero) is 1. The Hall–Kier alpha value is -0.930. The number of carbonyl (C=O) groups is 1. The van der Waals surface area contributed by atoms with Gasteiger partial charge in [0.2, 0.25) is 0 Å². The summed E-state index contributed by atoms with van der Waals surface area (Å²) in [7, 11) is 0. The molecule has 1 aromatic rings. The summed E-state index contributed by atoms with van der Waals surface area (Å²) in [6, 6.07) is 4.14. The van der Waals surface area contributed by atoms with Gasteiger partial charge in [-0.15, -0.1) is 0 Å². The maximum Gasteiger partial charge on any atom is 0.192 e. The average Bonchev–Trinajstić information content (AvgIpc) is 2.14. The minimum absolute atomic E-state index is 0.0699. The summed E-state index contributed by atoms with van der Waals surface area (Å²) in [5.41, 5.74) is -0.0974. The van der Waals surface area contributed by atoms with Crippen LogP contribution < -0.4 is 0 Å². The van der Waals surface area contributed by atoms with Crippen LogP contribution in [0, 0.1) is 5.82 Å². The van der Waals surface area contributed by atoms with E-state index in [0.29, 0.717) is 0 Å². The molecule has 0 radical (unpaired) electrons. The molecule has 1 aromatic carbocycles. The lowest BCUT2D eigenvalue weighted by Crippen LogP contribution is -2.15. The summed E-state index contributed by atoms with van der Waals surface area (Å²) >= 11 is 5.72. The van der Waals surface area contributed by atoms with Crippen molar-refractivity contribution in [3.05, 3.63) is 34.6 Å². The first-order valence-corrected chi connectivity index (χ1v) is 4.99. The Balaban J connectivity index is 2.82. The smallest absolute Gasteiger partial charge is 0.192 e. The number of benzene rings is 1. The zero-order valence-electron chi connectivity index (χ0n) is 8.59. The number of hydrogen-bond donors (Lipinski definition) is 0. The molecule has 0 fully saturated rings. The van der Waals surface area contributed by atoms with Gasteiger partial charge in [0.25, 0.3) is 0 Å². The third-order valence-electron chi connectivity index (χ3n) is 1.79. The van der Waals surface area contributed by atoms with E-state index >= 15 is 0 Å². The van der Waals surface area contributed by atoms with Gasteiger partial charge in [-0.05, 0) is 26.0 Å². The van der Waals surface area contributed by atoms with Gasteiger partial charge in [0.1, 0.15) is 12.4 Å². The molecule has 0 aliphatic carbocycles. The van der Waals surface area contributed by atoms with Crippen molar-refractivity contribution in [1.29, 1.82) is 0 Å². The molecule has 4 heteroatoms. The van der Waals surface area contributed by atoms with Gasteiger partial charge >= 0.3 is 0 Å². The van der Waals surface area contributed by atoms with Crippen molar-refractivity contribution in [1.82, 2.24) is 0 Å². The Bertz CT molecular complexity index is 343. The number of ketones is 1. The van der Waals surface area contributed by atoms with Crippen LogP contribution in [0.15, 0.2) is 18.2 Å². The van der Waals surface area contributed by atoms with Crippen LogP contribution in [0.25, 0.3) is 0 Å². The minimum atomic E-state index is -0.611. The summed E-state index contributed by atoms with van der Waals surface area (Å²) < 4.78 is 18.4. The van der Waals surface area contributed by atoms with E-state index in [2.05, 4.69) is 0 Å². The number of rotatable bonds is 4. The quantitative estimate of drug-likeness (QED) is 0.743. The predicted molar refractivity (Wildman–Crippen MR) is 56.8 cm³/mol. The first-order valence-electron chi connectivity index (χ1n) is 4.61. The normalized spacial score (nSPS) is 10.7. The molecule has 0 N–H and O–H groups in total. The van der Waals surface area contributed by atoms with Crippen LogP contribution in [0.1, 0.15) is 24.2 Å². The molecular formula is C11H12ClFO2. The first-order chi connectivity index (χ1) is 7.02. The van der Waals surface area contributed by atoms with Crippen LogP contribution in [0.4, 0.5) is 4.39 Å². The van der Waals surface area contributed by atoms with Gasteiger partial charge < -0.3 is 4.74 Å². The number of hydrogen-bond acceptors (Lipinski definition) is 2. The van der Waals surface area contributed by atoms with Crippen molar-refractivity contribution in [2.75, 3.05) is 6.61 Å². The Morgan fingerprint density at radius 3 is 2.73 bits per heavy atom. The van der Waals surface area contributed by atoms with Crippen LogP contribution >= 0.6 is 11.6 Å². The number of ether oxygens (including phenoxy) is 1. The van der Waals surface area contributed by atoms with E-state index in [1.165, 1.54) is 18.2 Å². The minimum Gasteiger partial charge on any atom is -0.371 e.